The lowest BCUT2D eigenvalue weighted by atomic mass is 9.89. The molecular weight excluding hydrogens is 306 g/mol. The van der Waals surface area contributed by atoms with Gasteiger partial charge in [-0.1, -0.05) is 13.8 Å². The Balaban J connectivity index is 2.11. The molecule has 0 bridgehead atoms. The van der Waals surface area contributed by atoms with Gasteiger partial charge in [0.05, 0.1) is 28.6 Å². The Hall–Kier alpha value is -1.85. The number of hydrogen-bond donors (Lipinski definition) is 2. The van der Waals surface area contributed by atoms with E-state index in [0.717, 1.165) is 11.3 Å². The fourth-order valence-corrected chi connectivity index (χ4v) is 3.36. The maximum absolute atomic E-state index is 12.5. The normalized spacial score (nSPS) is 24.8. The minimum absolute atomic E-state index is 0.0635. The number of rotatable bonds is 5. The van der Waals surface area contributed by atoms with E-state index in [9.17, 15) is 14.7 Å². The summed E-state index contributed by atoms with van der Waals surface area (Å²) in [4.78, 5) is 24.1. The van der Waals surface area contributed by atoms with Gasteiger partial charge in [0, 0.05) is 11.8 Å². The molecule has 0 spiro atoms. The molecule has 1 saturated carbocycles. The topological polar surface area (TPSA) is 84.2 Å². The van der Waals surface area contributed by atoms with Crippen LogP contribution in [0, 0.1) is 24.2 Å². The quantitative estimate of drug-likeness (QED) is 0.866. The monoisotopic (exact) mass is 335 g/mol. The summed E-state index contributed by atoms with van der Waals surface area (Å²) in [5, 5.41) is 17.0. The van der Waals surface area contributed by atoms with Gasteiger partial charge < -0.3 is 10.4 Å². The van der Waals surface area contributed by atoms with Crippen LogP contribution in [0.1, 0.15) is 65.3 Å². The number of aryl methyl sites for hydroxylation is 1. The first-order chi connectivity index (χ1) is 10.9. The zero-order valence-corrected chi connectivity index (χ0v) is 15.7. The van der Waals surface area contributed by atoms with Crippen molar-refractivity contribution in [1.29, 1.82) is 0 Å². The van der Waals surface area contributed by atoms with Crippen LogP contribution < -0.4 is 5.32 Å². The molecular formula is C18H29N3O3. The third kappa shape index (κ3) is 3.06. The number of aliphatic carboxylic acids is 1. The van der Waals surface area contributed by atoms with Crippen LogP contribution in [0.2, 0.25) is 0 Å². The molecule has 0 saturated heterocycles. The summed E-state index contributed by atoms with van der Waals surface area (Å²) in [5.41, 5.74) is 0.805. The highest BCUT2D eigenvalue weighted by Gasteiger charge is 2.65. The van der Waals surface area contributed by atoms with Crippen molar-refractivity contribution in [2.45, 2.75) is 66.5 Å². The molecule has 3 unspecified atom stereocenters. The van der Waals surface area contributed by atoms with Gasteiger partial charge in [-0.25, -0.2) is 0 Å². The Morgan fingerprint density at radius 2 is 1.96 bits per heavy atom. The molecule has 0 radical (unpaired) electrons. The van der Waals surface area contributed by atoms with Gasteiger partial charge in [0.15, 0.2) is 0 Å². The molecule has 3 atom stereocenters. The van der Waals surface area contributed by atoms with Crippen molar-refractivity contribution < 1.29 is 14.7 Å². The van der Waals surface area contributed by atoms with Crippen molar-refractivity contribution in [1.82, 2.24) is 15.1 Å². The van der Waals surface area contributed by atoms with Crippen molar-refractivity contribution in [3.63, 3.8) is 0 Å². The zero-order valence-electron chi connectivity index (χ0n) is 15.7. The first-order valence-electron chi connectivity index (χ1n) is 8.51. The number of amides is 1. The molecule has 1 aromatic heterocycles. The first kappa shape index (κ1) is 18.5. The highest BCUT2D eigenvalue weighted by molar-refractivity contribution is 5.93. The number of nitrogens with zero attached hydrogens (tertiary/aromatic N) is 2. The van der Waals surface area contributed by atoms with E-state index in [0.29, 0.717) is 6.42 Å². The van der Waals surface area contributed by atoms with Crippen LogP contribution in [0.15, 0.2) is 6.20 Å². The van der Waals surface area contributed by atoms with Gasteiger partial charge in [-0.2, -0.15) is 5.10 Å². The van der Waals surface area contributed by atoms with Crippen LogP contribution >= 0.6 is 0 Å². The molecule has 24 heavy (non-hydrogen) atoms. The van der Waals surface area contributed by atoms with Gasteiger partial charge in [-0.15, -0.1) is 0 Å². The third-order valence-electron chi connectivity index (χ3n) is 5.20. The van der Waals surface area contributed by atoms with Crippen molar-refractivity contribution in [2.24, 2.45) is 17.3 Å². The van der Waals surface area contributed by atoms with Crippen molar-refractivity contribution in [3.8, 4) is 0 Å². The van der Waals surface area contributed by atoms with E-state index in [4.69, 9.17) is 0 Å². The van der Waals surface area contributed by atoms with Crippen LogP contribution in [-0.2, 0) is 15.1 Å². The van der Waals surface area contributed by atoms with Crippen LogP contribution in [0.4, 0.5) is 0 Å². The van der Waals surface area contributed by atoms with E-state index >= 15 is 0 Å². The molecule has 1 aliphatic rings. The Bertz CT molecular complexity index is 657. The Kier molecular flexibility index (Phi) is 4.55. The Morgan fingerprint density at radius 3 is 2.33 bits per heavy atom. The van der Waals surface area contributed by atoms with E-state index in [2.05, 4.69) is 31.2 Å². The summed E-state index contributed by atoms with van der Waals surface area (Å²) in [6.45, 7) is 13.8. The van der Waals surface area contributed by atoms with Gasteiger partial charge in [0.1, 0.15) is 0 Å². The minimum Gasteiger partial charge on any atom is -0.481 e. The smallest absolute Gasteiger partial charge is 0.310 e. The number of nitrogens with one attached hydrogen (secondary N) is 1. The van der Waals surface area contributed by atoms with E-state index in [1.54, 1.807) is 0 Å². The predicted molar refractivity (Wildman–Crippen MR) is 91.5 cm³/mol. The third-order valence-corrected chi connectivity index (χ3v) is 5.20. The van der Waals surface area contributed by atoms with Gasteiger partial charge in [-0.05, 0) is 47.0 Å². The van der Waals surface area contributed by atoms with Crippen molar-refractivity contribution in [2.75, 3.05) is 0 Å². The summed E-state index contributed by atoms with van der Waals surface area (Å²) in [7, 11) is 0. The summed E-state index contributed by atoms with van der Waals surface area (Å²) < 4.78 is 1.90. The number of carboxylic acids is 1. The maximum Gasteiger partial charge on any atom is 0.310 e. The molecule has 1 heterocycles. The lowest BCUT2D eigenvalue weighted by Gasteiger charge is -2.19. The lowest BCUT2D eigenvalue weighted by Crippen LogP contribution is -2.34. The first-order valence-corrected chi connectivity index (χ1v) is 8.51. The van der Waals surface area contributed by atoms with Crippen molar-refractivity contribution >= 4 is 11.9 Å². The molecule has 1 aromatic rings. The fourth-order valence-electron chi connectivity index (χ4n) is 3.36. The van der Waals surface area contributed by atoms with Crippen LogP contribution in [-0.4, -0.2) is 26.8 Å². The molecule has 2 rings (SSSR count). The largest absolute Gasteiger partial charge is 0.481 e. The highest BCUT2D eigenvalue weighted by atomic mass is 16.4. The second kappa shape index (κ2) is 5.90. The molecule has 0 aromatic carbocycles. The SMILES string of the molecule is Cc1nn(C(C)(C)C)cc1C(C)NC(=O)C1CC1(C(=O)O)C(C)C. The number of carbonyl (C=O) groups is 2. The fraction of sp³-hybridized carbons (Fsp3) is 0.722. The van der Waals surface area contributed by atoms with Crippen LogP contribution in [0.3, 0.4) is 0 Å². The van der Waals surface area contributed by atoms with Crippen molar-refractivity contribution in [3.05, 3.63) is 17.5 Å². The van der Waals surface area contributed by atoms with E-state index in [1.165, 1.54) is 0 Å². The Morgan fingerprint density at radius 1 is 1.38 bits per heavy atom. The van der Waals surface area contributed by atoms with Crippen LogP contribution in [0.25, 0.3) is 0 Å². The number of hydrogen-bond acceptors (Lipinski definition) is 3. The van der Waals surface area contributed by atoms with E-state index in [-0.39, 0.29) is 23.4 Å². The van der Waals surface area contributed by atoms with Gasteiger partial charge in [0.2, 0.25) is 5.91 Å². The highest BCUT2D eigenvalue weighted by Crippen LogP contribution is 2.58. The lowest BCUT2D eigenvalue weighted by molar-refractivity contribution is -0.147. The second-order valence-corrected chi connectivity index (χ2v) is 8.27. The van der Waals surface area contributed by atoms with Crippen LogP contribution in [0.5, 0.6) is 0 Å². The van der Waals surface area contributed by atoms with Gasteiger partial charge in [-0.3, -0.25) is 14.3 Å². The molecule has 134 valence electrons. The zero-order chi connectivity index (χ0) is 18.4. The number of carboxylic acid groups (broad SMARTS) is 1. The summed E-state index contributed by atoms with van der Waals surface area (Å²) in [6.07, 6.45) is 2.37. The molecule has 6 heteroatoms. The average Bonchev–Trinajstić information content (AvgIpc) is 3.08. The second-order valence-electron chi connectivity index (χ2n) is 8.27. The molecule has 6 nitrogen and oxygen atoms in total. The van der Waals surface area contributed by atoms with Gasteiger partial charge >= 0.3 is 5.97 Å². The minimum atomic E-state index is -0.908. The molecule has 1 fully saturated rings. The Labute approximate surface area is 143 Å². The summed E-state index contributed by atoms with van der Waals surface area (Å²) in [5.74, 6) is -1.56. The van der Waals surface area contributed by atoms with Gasteiger partial charge in [0.25, 0.3) is 0 Å². The molecule has 2 N–H and O–H groups in total. The molecule has 0 aliphatic heterocycles. The molecule has 1 amide bonds. The maximum atomic E-state index is 12.5. The average molecular weight is 335 g/mol. The summed E-state index contributed by atoms with van der Waals surface area (Å²) in [6, 6.07) is -0.201. The summed E-state index contributed by atoms with van der Waals surface area (Å²) >= 11 is 0. The number of carbonyl (C=O) groups excluding carboxylic acids is 1. The molecule has 1 aliphatic carbocycles. The standard InChI is InChI=1S/C18H29N3O3/c1-10(2)18(16(23)24)8-14(18)15(22)19-11(3)13-9-21(17(5,6)7)20-12(13)4/h9-11,14H,8H2,1-7H3,(H,19,22)(H,23,24). The number of aromatic nitrogens is 2. The van der Waals surface area contributed by atoms with E-state index in [1.807, 2.05) is 38.6 Å². The predicted octanol–water partition coefficient (Wildman–Crippen LogP) is 2.87. The van der Waals surface area contributed by atoms with E-state index < -0.39 is 17.3 Å².